The van der Waals surface area contributed by atoms with Crippen molar-refractivity contribution in [1.29, 1.82) is 0 Å². The fourth-order valence-corrected chi connectivity index (χ4v) is 2.81. The second kappa shape index (κ2) is 6.11. The van der Waals surface area contributed by atoms with Crippen molar-refractivity contribution in [2.24, 2.45) is 0 Å². The maximum absolute atomic E-state index is 11.9. The number of nitrogens with two attached hydrogens (primary N) is 1. The predicted molar refractivity (Wildman–Crippen MR) is 81.0 cm³/mol. The summed E-state index contributed by atoms with van der Waals surface area (Å²) in [5.41, 5.74) is 5.77. The molecule has 2 aromatic rings. The topological polar surface area (TPSA) is 77.1 Å². The number of nitrogen functional groups attached to an aromatic ring is 1. The largest absolute Gasteiger partial charge is 0.398 e. The fourth-order valence-electron chi connectivity index (χ4n) is 1.75. The highest BCUT2D eigenvalue weighted by Crippen LogP contribution is 2.26. The fraction of sp³-hybridized carbons (Fsp3) is 0.231. The Morgan fingerprint density at radius 2 is 2.20 bits per heavy atom. The van der Waals surface area contributed by atoms with Crippen molar-refractivity contribution in [3.63, 3.8) is 0 Å². The first-order valence-corrected chi connectivity index (χ1v) is 7.15. The molecule has 1 unspecified atom stereocenters. The number of carbonyl (C=O) groups is 1. The number of hydrogen-bond donors (Lipinski definition) is 2. The van der Waals surface area contributed by atoms with Crippen LogP contribution in [0, 0.1) is 0 Å². The van der Waals surface area contributed by atoms with Crippen LogP contribution in [0.3, 0.4) is 0 Å². The maximum Gasteiger partial charge on any atom is 0.251 e. The summed E-state index contributed by atoms with van der Waals surface area (Å²) < 4.78 is 1.95. The number of hydrogen-bond acceptors (Lipinski definition) is 4. The van der Waals surface area contributed by atoms with Gasteiger partial charge in [-0.05, 0) is 25.1 Å². The van der Waals surface area contributed by atoms with Gasteiger partial charge >= 0.3 is 0 Å². The normalized spacial score (nSPS) is 12.1. The van der Waals surface area contributed by atoms with Gasteiger partial charge in [0.1, 0.15) is 6.54 Å². The summed E-state index contributed by atoms with van der Waals surface area (Å²) in [4.78, 5) is 24.5. The van der Waals surface area contributed by atoms with Crippen molar-refractivity contribution < 1.29 is 4.79 Å². The average molecular weight is 312 g/mol. The van der Waals surface area contributed by atoms with E-state index in [1.165, 1.54) is 34.2 Å². The lowest BCUT2D eigenvalue weighted by Gasteiger charge is -2.13. The van der Waals surface area contributed by atoms with Gasteiger partial charge < -0.3 is 15.6 Å². The summed E-state index contributed by atoms with van der Waals surface area (Å²) in [6.45, 7) is 1.80. The van der Waals surface area contributed by atoms with E-state index in [-0.39, 0.29) is 24.1 Å². The molecule has 0 spiro atoms. The highest BCUT2D eigenvalue weighted by Gasteiger charge is 2.12. The van der Waals surface area contributed by atoms with Crippen molar-refractivity contribution in [1.82, 2.24) is 9.88 Å². The number of amides is 1. The molecule has 1 amide bonds. The molecule has 0 saturated heterocycles. The molecule has 0 radical (unpaired) electrons. The van der Waals surface area contributed by atoms with E-state index >= 15 is 0 Å². The Bertz CT molecular complexity index is 680. The summed E-state index contributed by atoms with van der Waals surface area (Å²) in [6, 6.07) is 6.34. The first-order chi connectivity index (χ1) is 9.45. The van der Waals surface area contributed by atoms with Gasteiger partial charge in [-0.15, -0.1) is 11.3 Å². The number of pyridine rings is 1. The number of nitrogens with one attached hydrogen (secondary N) is 1. The summed E-state index contributed by atoms with van der Waals surface area (Å²) >= 11 is 7.27. The number of rotatable bonds is 4. The Labute approximate surface area is 125 Å². The van der Waals surface area contributed by atoms with Crippen LogP contribution < -0.4 is 16.6 Å². The monoisotopic (exact) mass is 311 g/mol. The van der Waals surface area contributed by atoms with Gasteiger partial charge in [-0.2, -0.15) is 0 Å². The Hall–Kier alpha value is -1.79. The summed E-state index contributed by atoms with van der Waals surface area (Å²) in [5, 5.41) is 2.82. The lowest BCUT2D eigenvalue weighted by Crippen LogP contribution is -2.33. The van der Waals surface area contributed by atoms with Crippen molar-refractivity contribution in [2.45, 2.75) is 19.5 Å². The third-order valence-corrected chi connectivity index (χ3v) is 4.13. The molecular weight excluding hydrogens is 298 g/mol. The molecule has 20 heavy (non-hydrogen) atoms. The molecule has 3 N–H and O–H groups in total. The molecule has 7 heteroatoms. The molecule has 0 aliphatic carbocycles. The minimum atomic E-state index is -0.263. The second-order valence-corrected chi connectivity index (χ2v) is 6.11. The molecule has 0 saturated carbocycles. The van der Waals surface area contributed by atoms with Crippen LogP contribution in [0.2, 0.25) is 4.34 Å². The Balaban J connectivity index is 2.02. The zero-order valence-electron chi connectivity index (χ0n) is 10.8. The minimum absolute atomic E-state index is 0.0622. The number of nitrogens with zero attached hydrogens (tertiary/aromatic N) is 1. The number of anilines is 1. The van der Waals surface area contributed by atoms with E-state index in [4.69, 9.17) is 17.3 Å². The van der Waals surface area contributed by atoms with Crippen molar-refractivity contribution in [3.05, 3.63) is 50.0 Å². The van der Waals surface area contributed by atoms with Crippen LogP contribution in [-0.4, -0.2) is 10.5 Å². The quantitative estimate of drug-likeness (QED) is 0.907. The third kappa shape index (κ3) is 3.61. The Morgan fingerprint density at radius 3 is 2.85 bits per heavy atom. The van der Waals surface area contributed by atoms with Gasteiger partial charge in [-0.25, -0.2) is 0 Å². The van der Waals surface area contributed by atoms with E-state index in [1.807, 2.05) is 13.0 Å². The highest BCUT2D eigenvalue weighted by atomic mass is 35.5. The Kier molecular flexibility index (Phi) is 4.46. The van der Waals surface area contributed by atoms with E-state index in [0.717, 1.165) is 4.88 Å². The SMILES string of the molecule is CC(NC(=O)Cn1cc(N)ccc1=O)c1ccc(Cl)s1. The number of carbonyl (C=O) groups excluding carboxylic acids is 1. The van der Waals surface area contributed by atoms with Crippen molar-refractivity contribution in [2.75, 3.05) is 5.73 Å². The molecule has 5 nitrogen and oxygen atoms in total. The second-order valence-electron chi connectivity index (χ2n) is 4.36. The summed E-state index contributed by atoms with van der Waals surface area (Å²) in [7, 11) is 0. The van der Waals surface area contributed by atoms with Crippen LogP contribution in [0.1, 0.15) is 17.8 Å². The van der Waals surface area contributed by atoms with Gasteiger partial charge in [-0.1, -0.05) is 11.6 Å². The summed E-state index contributed by atoms with van der Waals surface area (Å²) in [5.74, 6) is -0.255. The maximum atomic E-state index is 11.9. The van der Waals surface area contributed by atoms with Gasteiger partial charge in [0, 0.05) is 22.8 Å². The molecule has 0 fully saturated rings. The van der Waals surface area contributed by atoms with Gasteiger partial charge in [0.25, 0.3) is 5.56 Å². The van der Waals surface area contributed by atoms with E-state index < -0.39 is 0 Å². The van der Waals surface area contributed by atoms with Crippen molar-refractivity contribution in [3.8, 4) is 0 Å². The molecular formula is C13H14ClN3O2S. The minimum Gasteiger partial charge on any atom is -0.398 e. The molecule has 0 aliphatic heterocycles. The van der Waals surface area contributed by atoms with Crippen LogP contribution in [0.5, 0.6) is 0 Å². The van der Waals surface area contributed by atoms with E-state index in [0.29, 0.717) is 10.0 Å². The molecule has 0 aromatic carbocycles. The van der Waals surface area contributed by atoms with Crippen molar-refractivity contribution >= 4 is 34.5 Å². The van der Waals surface area contributed by atoms with E-state index in [2.05, 4.69) is 5.32 Å². The van der Waals surface area contributed by atoms with Crippen LogP contribution >= 0.6 is 22.9 Å². The molecule has 106 valence electrons. The first kappa shape index (κ1) is 14.6. The molecule has 0 bridgehead atoms. The third-order valence-electron chi connectivity index (χ3n) is 2.72. The number of aromatic nitrogens is 1. The van der Waals surface area contributed by atoms with Crippen LogP contribution in [0.15, 0.2) is 35.3 Å². The van der Waals surface area contributed by atoms with E-state index in [1.54, 1.807) is 6.07 Å². The zero-order valence-corrected chi connectivity index (χ0v) is 12.4. The van der Waals surface area contributed by atoms with Gasteiger partial charge in [-0.3, -0.25) is 9.59 Å². The van der Waals surface area contributed by atoms with Crippen LogP contribution in [0.25, 0.3) is 0 Å². The lowest BCUT2D eigenvalue weighted by molar-refractivity contribution is -0.122. The molecule has 2 heterocycles. The zero-order chi connectivity index (χ0) is 14.7. The Morgan fingerprint density at radius 1 is 1.45 bits per heavy atom. The first-order valence-electron chi connectivity index (χ1n) is 5.96. The molecule has 2 rings (SSSR count). The van der Waals surface area contributed by atoms with E-state index in [9.17, 15) is 9.59 Å². The summed E-state index contributed by atoms with van der Waals surface area (Å²) in [6.07, 6.45) is 1.45. The number of halogens is 1. The average Bonchev–Trinajstić information content (AvgIpc) is 2.80. The number of thiophene rings is 1. The highest BCUT2D eigenvalue weighted by molar-refractivity contribution is 7.16. The van der Waals surface area contributed by atoms with Gasteiger partial charge in [0.05, 0.1) is 10.4 Å². The lowest BCUT2D eigenvalue weighted by atomic mass is 10.3. The van der Waals surface area contributed by atoms with Crippen LogP contribution in [-0.2, 0) is 11.3 Å². The van der Waals surface area contributed by atoms with Crippen LogP contribution in [0.4, 0.5) is 5.69 Å². The molecule has 2 aromatic heterocycles. The van der Waals surface area contributed by atoms with Gasteiger partial charge in [0.2, 0.25) is 5.91 Å². The molecule has 1 atom stereocenters. The molecule has 0 aliphatic rings. The smallest absolute Gasteiger partial charge is 0.251 e. The van der Waals surface area contributed by atoms with Gasteiger partial charge in [0.15, 0.2) is 0 Å². The predicted octanol–water partition coefficient (Wildman–Crippen LogP) is 2.02. The standard InChI is InChI=1S/C13H14ClN3O2S/c1-8(10-3-4-11(14)20-10)16-12(18)7-17-6-9(15)2-5-13(17)19/h2-6,8H,7,15H2,1H3,(H,16,18).